The Hall–Kier alpha value is -2.64. The third-order valence-electron chi connectivity index (χ3n) is 2.60. The molecular weight excluding hydrogens is 276 g/mol. The molecular formula is C13H18N4O4. The SMILES string of the molecule is CCNC(=O)CNC(=O)c1cc(NCC)ccc1[N+](=O)[O-]. The van der Waals surface area contributed by atoms with Gasteiger partial charge >= 0.3 is 0 Å². The smallest absolute Gasteiger partial charge is 0.282 e. The van der Waals surface area contributed by atoms with Gasteiger partial charge in [0, 0.05) is 24.8 Å². The maximum Gasteiger partial charge on any atom is 0.282 e. The fraction of sp³-hybridized carbons (Fsp3) is 0.385. The zero-order valence-electron chi connectivity index (χ0n) is 11.9. The van der Waals surface area contributed by atoms with Crippen molar-refractivity contribution in [3.05, 3.63) is 33.9 Å². The number of hydrogen-bond donors (Lipinski definition) is 3. The minimum atomic E-state index is -0.660. The normalized spacial score (nSPS) is 9.81. The highest BCUT2D eigenvalue weighted by Gasteiger charge is 2.20. The Morgan fingerprint density at radius 3 is 2.48 bits per heavy atom. The number of benzene rings is 1. The average Bonchev–Trinajstić information content (AvgIpc) is 2.45. The zero-order valence-corrected chi connectivity index (χ0v) is 11.9. The van der Waals surface area contributed by atoms with E-state index in [1.54, 1.807) is 6.92 Å². The third-order valence-corrected chi connectivity index (χ3v) is 2.60. The quantitative estimate of drug-likeness (QED) is 0.510. The summed E-state index contributed by atoms with van der Waals surface area (Å²) in [5.74, 6) is -1.01. The minimum Gasteiger partial charge on any atom is -0.385 e. The van der Waals surface area contributed by atoms with E-state index in [1.807, 2.05) is 6.92 Å². The molecule has 0 fully saturated rings. The number of hydrogen-bond acceptors (Lipinski definition) is 5. The number of amides is 2. The third kappa shape index (κ3) is 4.75. The molecule has 1 aromatic carbocycles. The van der Waals surface area contributed by atoms with Gasteiger partial charge in [-0.15, -0.1) is 0 Å². The molecule has 8 nitrogen and oxygen atoms in total. The first-order chi connectivity index (χ1) is 9.99. The van der Waals surface area contributed by atoms with Gasteiger partial charge in [-0.25, -0.2) is 0 Å². The minimum absolute atomic E-state index is 0.0808. The van der Waals surface area contributed by atoms with Crippen LogP contribution in [0.1, 0.15) is 24.2 Å². The molecule has 0 saturated heterocycles. The topological polar surface area (TPSA) is 113 Å². The number of carbonyl (C=O) groups is 2. The van der Waals surface area contributed by atoms with Gasteiger partial charge in [-0.05, 0) is 26.0 Å². The molecule has 0 aliphatic carbocycles. The van der Waals surface area contributed by atoms with Crippen molar-refractivity contribution in [1.82, 2.24) is 10.6 Å². The standard InChI is InChI=1S/C13H18N4O4/c1-3-14-9-5-6-11(17(20)21)10(7-9)13(19)16-8-12(18)15-4-2/h5-7,14H,3-4,8H2,1-2H3,(H,15,18)(H,16,19). The second kappa shape index (κ2) is 7.83. The highest BCUT2D eigenvalue weighted by atomic mass is 16.6. The highest BCUT2D eigenvalue weighted by molar-refractivity contribution is 6.00. The van der Waals surface area contributed by atoms with Gasteiger partial charge in [0.2, 0.25) is 5.91 Å². The molecule has 0 bridgehead atoms. The number of likely N-dealkylation sites (N-methyl/N-ethyl adjacent to an activating group) is 1. The van der Waals surface area contributed by atoms with Crippen LogP contribution < -0.4 is 16.0 Å². The van der Waals surface area contributed by atoms with E-state index >= 15 is 0 Å². The van der Waals surface area contributed by atoms with Crippen LogP contribution >= 0.6 is 0 Å². The van der Waals surface area contributed by atoms with Crippen molar-refractivity contribution < 1.29 is 14.5 Å². The van der Waals surface area contributed by atoms with Gasteiger partial charge in [0.1, 0.15) is 5.56 Å². The van der Waals surface area contributed by atoms with Gasteiger partial charge < -0.3 is 16.0 Å². The maximum atomic E-state index is 12.0. The van der Waals surface area contributed by atoms with E-state index in [4.69, 9.17) is 0 Å². The number of nitrogens with zero attached hydrogens (tertiary/aromatic N) is 1. The number of nitro benzene ring substituents is 1. The predicted octanol–water partition coefficient (Wildman–Crippen LogP) is 0.892. The van der Waals surface area contributed by atoms with E-state index in [-0.39, 0.29) is 23.7 Å². The number of anilines is 1. The highest BCUT2D eigenvalue weighted by Crippen LogP contribution is 2.22. The molecule has 114 valence electrons. The first kappa shape index (κ1) is 16.4. The lowest BCUT2D eigenvalue weighted by Gasteiger charge is -2.08. The Bertz CT molecular complexity index is 545. The van der Waals surface area contributed by atoms with Crippen molar-refractivity contribution >= 4 is 23.2 Å². The lowest BCUT2D eigenvalue weighted by Crippen LogP contribution is -2.37. The number of nitro groups is 1. The summed E-state index contributed by atoms with van der Waals surface area (Å²) in [7, 11) is 0. The molecule has 3 N–H and O–H groups in total. The van der Waals surface area contributed by atoms with Crippen molar-refractivity contribution in [2.24, 2.45) is 0 Å². The lowest BCUT2D eigenvalue weighted by atomic mass is 10.1. The van der Waals surface area contributed by atoms with Crippen molar-refractivity contribution in [3.63, 3.8) is 0 Å². The Morgan fingerprint density at radius 2 is 1.90 bits per heavy atom. The molecule has 0 unspecified atom stereocenters. The van der Waals surface area contributed by atoms with Gasteiger partial charge in [-0.3, -0.25) is 19.7 Å². The Labute approximate surface area is 122 Å². The summed E-state index contributed by atoms with van der Waals surface area (Å²) in [5, 5.41) is 18.8. The molecule has 2 amide bonds. The van der Waals surface area contributed by atoms with Crippen molar-refractivity contribution in [1.29, 1.82) is 0 Å². The van der Waals surface area contributed by atoms with Crippen LogP contribution in [0.5, 0.6) is 0 Å². The largest absolute Gasteiger partial charge is 0.385 e. The maximum absolute atomic E-state index is 12.0. The van der Waals surface area contributed by atoms with Gasteiger partial charge in [0.05, 0.1) is 11.5 Å². The number of rotatable bonds is 7. The van der Waals surface area contributed by atoms with Gasteiger partial charge in [-0.2, -0.15) is 0 Å². The van der Waals surface area contributed by atoms with Crippen LogP contribution in [0.3, 0.4) is 0 Å². The lowest BCUT2D eigenvalue weighted by molar-refractivity contribution is -0.385. The van der Waals surface area contributed by atoms with Crippen LogP contribution in [0.4, 0.5) is 11.4 Å². The van der Waals surface area contributed by atoms with Gasteiger partial charge in [0.25, 0.3) is 11.6 Å². The summed E-state index contributed by atoms with van der Waals surface area (Å²) in [6.07, 6.45) is 0. The zero-order chi connectivity index (χ0) is 15.8. The Balaban J connectivity index is 2.91. The number of nitrogens with one attached hydrogen (secondary N) is 3. The molecule has 0 aliphatic heterocycles. The second-order valence-corrected chi connectivity index (χ2v) is 4.16. The van der Waals surface area contributed by atoms with E-state index in [2.05, 4.69) is 16.0 Å². The summed E-state index contributed by atoms with van der Waals surface area (Å²) in [6.45, 7) is 4.47. The van der Waals surface area contributed by atoms with Crippen molar-refractivity contribution in [2.45, 2.75) is 13.8 Å². The molecule has 0 saturated carbocycles. The van der Waals surface area contributed by atoms with E-state index in [1.165, 1.54) is 18.2 Å². The molecule has 21 heavy (non-hydrogen) atoms. The van der Waals surface area contributed by atoms with Crippen LogP contribution in [-0.4, -0.2) is 36.4 Å². The molecule has 0 spiro atoms. The fourth-order valence-corrected chi connectivity index (χ4v) is 1.71. The predicted molar refractivity (Wildman–Crippen MR) is 78.3 cm³/mol. The summed E-state index contributed by atoms with van der Waals surface area (Å²) in [4.78, 5) is 33.6. The van der Waals surface area contributed by atoms with Gasteiger partial charge in [0.15, 0.2) is 0 Å². The molecule has 1 aromatic rings. The molecule has 0 aromatic heterocycles. The van der Waals surface area contributed by atoms with E-state index in [0.29, 0.717) is 18.8 Å². The molecule has 1 rings (SSSR count). The van der Waals surface area contributed by atoms with Crippen LogP contribution in [0.2, 0.25) is 0 Å². The second-order valence-electron chi connectivity index (χ2n) is 4.16. The van der Waals surface area contributed by atoms with Crippen molar-refractivity contribution in [3.8, 4) is 0 Å². The monoisotopic (exact) mass is 294 g/mol. The van der Waals surface area contributed by atoms with Crippen LogP contribution in [0.15, 0.2) is 18.2 Å². The molecule has 0 aliphatic rings. The fourth-order valence-electron chi connectivity index (χ4n) is 1.71. The summed E-state index contributed by atoms with van der Waals surface area (Å²) in [6, 6.07) is 4.19. The Morgan fingerprint density at radius 1 is 1.19 bits per heavy atom. The summed E-state index contributed by atoms with van der Waals surface area (Å²) < 4.78 is 0. The van der Waals surface area contributed by atoms with Crippen LogP contribution in [0.25, 0.3) is 0 Å². The number of carbonyl (C=O) groups excluding carboxylic acids is 2. The first-order valence-electron chi connectivity index (χ1n) is 6.56. The van der Waals surface area contributed by atoms with Crippen LogP contribution in [0, 0.1) is 10.1 Å². The van der Waals surface area contributed by atoms with Crippen LogP contribution in [-0.2, 0) is 4.79 Å². The average molecular weight is 294 g/mol. The summed E-state index contributed by atoms with van der Waals surface area (Å²) >= 11 is 0. The van der Waals surface area contributed by atoms with Gasteiger partial charge in [-0.1, -0.05) is 0 Å². The van der Waals surface area contributed by atoms with Crippen molar-refractivity contribution in [2.75, 3.05) is 25.0 Å². The first-order valence-corrected chi connectivity index (χ1v) is 6.56. The van der Waals surface area contributed by atoms with E-state index < -0.39 is 10.8 Å². The molecule has 0 radical (unpaired) electrons. The summed E-state index contributed by atoms with van der Waals surface area (Å²) in [5.41, 5.74) is 0.221. The van der Waals surface area contributed by atoms with E-state index in [9.17, 15) is 19.7 Å². The molecule has 0 heterocycles. The molecule has 0 atom stereocenters. The Kier molecular flexibility index (Phi) is 6.12. The van der Waals surface area contributed by atoms with E-state index in [0.717, 1.165) is 0 Å². The molecule has 8 heteroatoms.